The zero-order valence-corrected chi connectivity index (χ0v) is 31.2. The number of allylic oxidation sites excluding steroid dienone is 12. The van der Waals surface area contributed by atoms with Gasteiger partial charge in [0.25, 0.3) is 0 Å². The van der Waals surface area contributed by atoms with Gasteiger partial charge in [-0.2, -0.15) is 0 Å². The summed E-state index contributed by atoms with van der Waals surface area (Å²) in [4.78, 5) is 2.87. The van der Waals surface area contributed by atoms with Crippen molar-refractivity contribution in [3.63, 3.8) is 0 Å². The Balaban J connectivity index is 1.15. The molecule has 0 N–H and O–H groups in total. The third kappa shape index (κ3) is 5.03. The van der Waals surface area contributed by atoms with E-state index in [0.717, 1.165) is 38.5 Å². The van der Waals surface area contributed by atoms with Crippen LogP contribution in [-0.4, -0.2) is 15.5 Å². The summed E-state index contributed by atoms with van der Waals surface area (Å²) in [5.74, 6) is 1.80. The predicted octanol–water partition coefficient (Wildman–Crippen LogP) is 13.0. The number of fused-ring (bicyclic) bond motifs is 7. The van der Waals surface area contributed by atoms with Crippen LogP contribution in [-0.2, 0) is 6.42 Å². The minimum absolute atomic E-state index is 0.323. The van der Waals surface area contributed by atoms with Crippen molar-refractivity contribution < 1.29 is 0 Å². The molecule has 4 heterocycles. The zero-order valence-electron chi connectivity index (χ0n) is 29.6. The van der Waals surface area contributed by atoms with Crippen LogP contribution in [0.15, 0.2) is 133 Å². The summed E-state index contributed by atoms with van der Waals surface area (Å²) in [7, 11) is 0. The number of rotatable bonds is 4. The van der Waals surface area contributed by atoms with Gasteiger partial charge in [0.05, 0.1) is 21.0 Å². The molecule has 1 fully saturated rings. The average Bonchev–Trinajstić information content (AvgIpc) is 3.59. The minimum atomic E-state index is 0.323. The SMILES string of the molecule is CCC1CCC2=C(N(C3=C4CC5=C(C=C3)CCC3=C5C(CC=C3)CCC4C)C3C=CC=CC3)Sc3scc(c3CC2)-n2cc3ccccc3c21. The van der Waals surface area contributed by atoms with E-state index in [9.17, 15) is 0 Å². The van der Waals surface area contributed by atoms with Crippen LogP contribution in [0.25, 0.3) is 16.5 Å². The lowest BCUT2D eigenvalue weighted by molar-refractivity contribution is 0.372. The Labute approximate surface area is 306 Å². The number of thioether (sulfide) groups is 1. The molecule has 4 bridgehead atoms. The van der Waals surface area contributed by atoms with E-state index in [1.54, 1.807) is 39.0 Å². The first-order chi connectivity index (χ1) is 24.7. The molecule has 2 aliphatic heterocycles. The summed E-state index contributed by atoms with van der Waals surface area (Å²) in [6.07, 6.45) is 36.2. The first kappa shape index (κ1) is 31.3. The van der Waals surface area contributed by atoms with Crippen molar-refractivity contribution >= 4 is 33.9 Å². The molecular weight excluding hydrogens is 645 g/mol. The van der Waals surface area contributed by atoms with Crippen LogP contribution in [0.4, 0.5) is 0 Å². The van der Waals surface area contributed by atoms with Gasteiger partial charge in [-0.15, -0.1) is 11.3 Å². The highest BCUT2D eigenvalue weighted by molar-refractivity contribution is 8.04. The summed E-state index contributed by atoms with van der Waals surface area (Å²) < 4.78 is 4.11. The Morgan fingerprint density at radius 1 is 0.900 bits per heavy atom. The van der Waals surface area contributed by atoms with Crippen LogP contribution >= 0.6 is 23.1 Å². The Morgan fingerprint density at radius 3 is 2.72 bits per heavy atom. The second-order valence-corrected chi connectivity index (χ2v) is 17.8. The van der Waals surface area contributed by atoms with E-state index in [-0.39, 0.29) is 0 Å². The molecule has 10 rings (SSSR count). The fraction of sp³-hybridized carbons (Fsp3) is 0.391. The van der Waals surface area contributed by atoms with Gasteiger partial charge in [-0.25, -0.2) is 0 Å². The molecule has 0 spiro atoms. The monoisotopic (exact) mass is 692 g/mol. The van der Waals surface area contributed by atoms with Gasteiger partial charge in [-0.1, -0.05) is 92.4 Å². The topological polar surface area (TPSA) is 8.17 Å². The van der Waals surface area contributed by atoms with Crippen molar-refractivity contribution in [1.29, 1.82) is 0 Å². The number of hydrogen-bond donors (Lipinski definition) is 0. The Bertz CT molecular complexity index is 2150. The van der Waals surface area contributed by atoms with Gasteiger partial charge in [-0.05, 0) is 128 Å². The maximum atomic E-state index is 2.87. The predicted molar refractivity (Wildman–Crippen MR) is 213 cm³/mol. The lowest BCUT2D eigenvalue weighted by atomic mass is 9.69. The minimum Gasteiger partial charge on any atom is -0.329 e. The Morgan fingerprint density at radius 2 is 1.82 bits per heavy atom. The standard InChI is InChI=1S/C46H48N2S2/c1-3-30-18-21-34-22-24-38-42(47-27-35-10-7-8-15-37(35)44(30)47)28-49-46(38)50-45(34)48(36-13-5-4-6-14-36)41-25-23-31-19-20-33-12-9-11-32-17-16-29(2)39(41)26-40(31)43(32)33/h4-10,12-13,15,23,25,27-30,32,36H,3,11,14,16-22,24,26H2,1-2H3. The van der Waals surface area contributed by atoms with Crippen LogP contribution < -0.4 is 0 Å². The number of nitrogens with zero attached hydrogens (tertiary/aromatic N) is 2. The van der Waals surface area contributed by atoms with Crippen LogP contribution in [0, 0.1) is 11.8 Å². The molecule has 50 heavy (non-hydrogen) atoms. The van der Waals surface area contributed by atoms with Crippen LogP contribution in [0.5, 0.6) is 0 Å². The number of benzene rings is 1. The van der Waals surface area contributed by atoms with Gasteiger partial charge in [0.1, 0.15) is 0 Å². The molecule has 2 aromatic heterocycles. The number of thiophene rings is 1. The molecule has 4 heteroatoms. The van der Waals surface area contributed by atoms with Crippen molar-refractivity contribution in [2.45, 2.75) is 107 Å². The highest BCUT2D eigenvalue weighted by Crippen LogP contribution is 2.53. The Hall–Kier alpha value is -3.47. The quantitative estimate of drug-likeness (QED) is 0.269. The molecule has 1 saturated carbocycles. The highest BCUT2D eigenvalue weighted by Gasteiger charge is 2.37. The molecule has 7 aliphatic rings. The van der Waals surface area contributed by atoms with E-state index in [4.69, 9.17) is 0 Å². The first-order valence-corrected chi connectivity index (χ1v) is 21.1. The van der Waals surface area contributed by atoms with E-state index < -0.39 is 0 Å². The van der Waals surface area contributed by atoms with Crippen LogP contribution in [0.2, 0.25) is 0 Å². The van der Waals surface area contributed by atoms with E-state index in [1.165, 1.54) is 75.6 Å². The largest absolute Gasteiger partial charge is 0.329 e. The molecule has 0 amide bonds. The van der Waals surface area contributed by atoms with E-state index in [1.807, 2.05) is 11.3 Å². The molecule has 4 unspecified atom stereocenters. The van der Waals surface area contributed by atoms with Crippen LogP contribution in [0.3, 0.4) is 0 Å². The van der Waals surface area contributed by atoms with Gasteiger partial charge in [0, 0.05) is 45.2 Å². The van der Waals surface area contributed by atoms with Crippen molar-refractivity contribution in [3.05, 3.63) is 140 Å². The van der Waals surface area contributed by atoms with E-state index in [2.05, 4.69) is 120 Å². The number of aromatic nitrogens is 1. The lowest BCUT2D eigenvalue weighted by Gasteiger charge is -2.40. The maximum absolute atomic E-state index is 2.87. The lowest BCUT2D eigenvalue weighted by Crippen LogP contribution is -2.34. The third-order valence-corrected chi connectivity index (χ3v) is 15.5. The summed E-state index contributed by atoms with van der Waals surface area (Å²) in [5, 5.41) is 6.83. The molecule has 1 aromatic carbocycles. The summed E-state index contributed by atoms with van der Waals surface area (Å²) in [6, 6.07) is 9.43. The van der Waals surface area contributed by atoms with Crippen molar-refractivity contribution in [1.82, 2.24) is 9.47 Å². The van der Waals surface area contributed by atoms with E-state index in [0.29, 0.717) is 23.8 Å². The summed E-state index contributed by atoms with van der Waals surface area (Å²) >= 11 is 4.09. The molecule has 5 aliphatic carbocycles. The van der Waals surface area contributed by atoms with Gasteiger partial charge >= 0.3 is 0 Å². The van der Waals surface area contributed by atoms with Crippen molar-refractivity contribution in [3.8, 4) is 5.69 Å². The Kier molecular flexibility index (Phi) is 7.90. The van der Waals surface area contributed by atoms with Crippen molar-refractivity contribution in [2.24, 2.45) is 11.8 Å². The van der Waals surface area contributed by atoms with Gasteiger partial charge < -0.3 is 9.47 Å². The smallest absolute Gasteiger partial charge is 0.0806 e. The first-order valence-electron chi connectivity index (χ1n) is 19.4. The fourth-order valence-corrected chi connectivity index (χ4v) is 12.9. The fourth-order valence-electron chi connectivity index (χ4n) is 10.4. The molecular formula is C46H48N2S2. The maximum Gasteiger partial charge on any atom is 0.0806 e. The van der Waals surface area contributed by atoms with Gasteiger partial charge in [0.2, 0.25) is 0 Å². The number of hydrogen-bond acceptors (Lipinski definition) is 3. The molecule has 3 aromatic rings. The summed E-state index contributed by atoms with van der Waals surface area (Å²) in [5.41, 5.74) is 16.1. The third-order valence-electron chi connectivity index (χ3n) is 13.0. The molecule has 2 nitrogen and oxygen atoms in total. The van der Waals surface area contributed by atoms with Gasteiger partial charge in [0.15, 0.2) is 0 Å². The van der Waals surface area contributed by atoms with Gasteiger partial charge in [-0.3, -0.25) is 0 Å². The normalized spacial score (nSPS) is 27.1. The van der Waals surface area contributed by atoms with E-state index >= 15 is 0 Å². The molecule has 0 radical (unpaired) electrons. The van der Waals surface area contributed by atoms with Crippen LogP contribution in [0.1, 0.15) is 102 Å². The van der Waals surface area contributed by atoms with Crippen molar-refractivity contribution in [2.75, 3.05) is 0 Å². The highest BCUT2D eigenvalue weighted by atomic mass is 32.2. The summed E-state index contributed by atoms with van der Waals surface area (Å²) in [6.45, 7) is 4.96. The second kappa shape index (κ2) is 12.6. The zero-order chi connectivity index (χ0) is 33.3. The second-order valence-electron chi connectivity index (χ2n) is 15.7. The average molecular weight is 693 g/mol. The molecule has 4 atom stereocenters. The molecule has 254 valence electrons. The molecule has 0 saturated heterocycles.